The Hall–Kier alpha value is -3.35. The van der Waals surface area contributed by atoms with E-state index in [1.54, 1.807) is 25.3 Å². The van der Waals surface area contributed by atoms with Crippen LogP contribution in [0.25, 0.3) is 6.08 Å². The van der Waals surface area contributed by atoms with Crippen molar-refractivity contribution in [1.82, 2.24) is 5.01 Å². The molecule has 2 heterocycles. The number of aliphatic imine (C=N–C) groups is 1. The lowest BCUT2D eigenvalue weighted by Gasteiger charge is -2.20. The highest BCUT2D eigenvalue weighted by molar-refractivity contribution is 14.1. The molecule has 0 saturated heterocycles. The minimum absolute atomic E-state index is 0.0675. The van der Waals surface area contributed by atoms with Crippen LogP contribution in [0.4, 0.5) is 0 Å². The van der Waals surface area contributed by atoms with Crippen molar-refractivity contribution in [2.24, 2.45) is 10.1 Å². The van der Waals surface area contributed by atoms with E-state index < -0.39 is 5.91 Å². The predicted octanol–water partition coefficient (Wildman–Crippen LogP) is 6.39. The quantitative estimate of drug-likeness (QED) is 0.169. The van der Waals surface area contributed by atoms with E-state index in [1.165, 1.54) is 16.8 Å². The van der Waals surface area contributed by atoms with Gasteiger partial charge in [-0.25, -0.2) is 0 Å². The van der Waals surface area contributed by atoms with E-state index in [9.17, 15) is 4.79 Å². The Morgan fingerprint density at radius 2 is 1.90 bits per heavy atom. The lowest BCUT2D eigenvalue weighted by atomic mass is 10.1. The van der Waals surface area contributed by atoms with Crippen molar-refractivity contribution in [1.29, 1.82) is 5.41 Å². The molecule has 11 heteroatoms. The fourth-order valence-electron chi connectivity index (χ4n) is 3.87. The monoisotopic (exact) mass is 672 g/mol. The van der Waals surface area contributed by atoms with Crippen LogP contribution >= 0.6 is 46.0 Å². The normalized spacial score (nSPS) is 15.7. The first-order valence-electron chi connectivity index (χ1n) is 11.8. The molecule has 2 aliphatic heterocycles. The SMILES string of the molecule is COc1cc(/C=C2/C(=N)N3N=C(c4ccccc4Cl)SC3=NC2=O)cc(I)c1OCCOc1cccc(C)c1. The van der Waals surface area contributed by atoms with Gasteiger partial charge in [0.15, 0.2) is 17.3 Å². The summed E-state index contributed by atoms with van der Waals surface area (Å²) in [5.41, 5.74) is 2.61. The van der Waals surface area contributed by atoms with Gasteiger partial charge in [-0.3, -0.25) is 10.2 Å². The third-order valence-corrected chi connectivity index (χ3v) is 7.78. The summed E-state index contributed by atoms with van der Waals surface area (Å²) in [6, 6.07) is 18.7. The Balaban J connectivity index is 1.33. The number of carbonyl (C=O) groups is 1. The molecule has 0 atom stereocenters. The summed E-state index contributed by atoms with van der Waals surface area (Å²) in [6.45, 7) is 2.70. The fraction of sp³-hybridized carbons (Fsp3) is 0.143. The van der Waals surface area contributed by atoms with E-state index >= 15 is 0 Å². The number of benzene rings is 3. The van der Waals surface area contributed by atoms with Gasteiger partial charge in [0.1, 0.15) is 24.0 Å². The number of rotatable bonds is 8. The van der Waals surface area contributed by atoms with Crippen LogP contribution in [0.15, 0.2) is 76.3 Å². The number of hydrogen-bond acceptors (Lipinski definition) is 7. The molecule has 3 aromatic carbocycles. The number of ether oxygens (including phenoxy) is 3. The number of thioether (sulfide) groups is 1. The molecule has 198 valence electrons. The Bertz CT molecular complexity index is 1570. The van der Waals surface area contributed by atoms with Gasteiger partial charge >= 0.3 is 0 Å². The maximum Gasteiger partial charge on any atom is 0.283 e. The molecule has 0 fully saturated rings. The van der Waals surface area contributed by atoms with Gasteiger partial charge < -0.3 is 14.2 Å². The number of amidine groups is 2. The number of aryl methyl sites for hydroxylation is 1. The number of methoxy groups -OCH3 is 1. The lowest BCUT2D eigenvalue weighted by molar-refractivity contribution is -0.114. The average Bonchev–Trinajstić information content (AvgIpc) is 3.34. The second-order valence-electron chi connectivity index (χ2n) is 8.45. The van der Waals surface area contributed by atoms with Crippen molar-refractivity contribution in [2.75, 3.05) is 20.3 Å². The van der Waals surface area contributed by atoms with Crippen molar-refractivity contribution >= 4 is 74.0 Å². The van der Waals surface area contributed by atoms with Gasteiger partial charge in [0, 0.05) is 5.56 Å². The number of nitrogens with one attached hydrogen (secondary N) is 1. The van der Waals surface area contributed by atoms with E-state index in [4.69, 9.17) is 31.2 Å². The van der Waals surface area contributed by atoms with Gasteiger partial charge in [-0.05, 0) is 88.8 Å². The average molecular weight is 673 g/mol. The number of nitrogens with zero attached hydrogens (tertiary/aromatic N) is 3. The van der Waals surface area contributed by atoms with Crippen LogP contribution in [-0.2, 0) is 4.79 Å². The molecule has 0 bridgehead atoms. The topological polar surface area (TPSA) is 96.6 Å². The molecule has 0 unspecified atom stereocenters. The molecule has 0 radical (unpaired) electrons. The highest BCUT2D eigenvalue weighted by atomic mass is 127. The molecule has 0 aliphatic carbocycles. The first-order chi connectivity index (χ1) is 18.8. The maximum absolute atomic E-state index is 12.9. The first-order valence-corrected chi connectivity index (χ1v) is 14.1. The molecule has 2 aliphatic rings. The summed E-state index contributed by atoms with van der Waals surface area (Å²) < 4.78 is 18.1. The van der Waals surface area contributed by atoms with Crippen LogP contribution in [0.3, 0.4) is 0 Å². The van der Waals surface area contributed by atoms with Gasteiger partial charge in [0.25, 0.3) is 5.91 Å². The van der Waals surface area contributed by atoms with Gasteiger partial charge in [-0.2, -0.15) is 15.1 Å². The van der Waals surface area contributed by atoms with Gasteiger partial charge in [-0.15, -0.1) is 0 Å². The maximum atomic E-state index is 12.9. The molecule has 5 rings (SSSR count). The van der Waals surface area contributed by atoms with Crippen LogP contribution < -0.4 is 14.2 Å². The molecule has 3 aromatic rings. The minimum Gasteiger partial charge on any atom is -0.493 e. The summed E-state index contributed by atoms with van der Waals surface area (Å²) in [7, 11) is 1.55. The molecule has 0 spiro atoms. The van der Waals surface area contributed by atoms with Gasteiger partial charge in [0.2, 0.25) is 5.17 Å². The second kappa shape index (κ2) is 11.8. The first kappa shape index (κ1) is 27.2. The zero-order chi connectivity index (χ0) is 27.5. The largest absolute Gasteiger partial charge is 0.493 e. The van der Waals surface area contributed by atoms with Crippen molar-refractivity contribution in [3.8, 4) is 17.2 Å². The minimum atomic E-state index is -0.517. The van der Waals surface area contributed by atoms with Crippen LogP contribution in [0.5, 0.6) is 17.2 Å². The van der Waals surface area contributed by atoms with E-state index in [2.05, 4.69) is 32.7 Å². The molecule has 0 saturated carbocycles. The third kappa shape index (κ3) is 5.97. The van der Waals surface area contributed by atoms with Crippen LogP contribution in [0.2, 0.25) is 5.02 Å². The summed E-state index contributed by atoms with van der Waals surface area (Å²) in [4.78, 5) is 17.1. The van der Waals surface area contributed by atoms with Gasteiger partial charge in [-0.1, -0.05) is 41.9 Å². The Morgan fingerprint density at radius 3 is 2.67 bits per heavy atom. The molecule has 1 amide bonds. The molecule has 1 N–H and O–H groups in total. The molecular weight excluding hydrogens is 651 g/mol. The van der Waals surface area contributed by atoms with E-state index in [-0.39, 0.29) is 11.4 Å². The number of fused-ring (bicyclic) bond motifs is 1. The third-order valence-electron chi connectivity index (χ3n) is 5.71. The number of hydrazone groups is 1. The molecule has 0 aromatic heterocycles. The van der Waals surface area contributed by atoms with Crippen molar-refractivity contribution in [2.45, 2.75) is 6.92 Å². The van der Waals surface area contributed by atoms with Crippen LogP contribution in [-0.4, -0.2) is 47.3 Å². The standard InChI is InChI=1S/C28H22ClIN4O4S/c1-16-6-5-7-18(12-16)37-10-11-38-24-22(30)14-17(15-23(24)36-2)13-20-25(31)34-28(32-26(20)35)39-27(33-34)19-8-3-4-9-21(19)29/h3-9,12-15,31H,10-11H2,1-2H3/b20-13-,31-25?. The van der Waals surface area contributed by atoms with Crippen LogP contribution in [0, 0.1) is 15.9 Å². The Morgan fingerprint density at radius 1 is 1.10 bits per heavy atom. The van der Waals surface area contributed by atoms with Crippen molar-refractivity contribution in [3.05, 3.63) is 91.5 Å². The highest BCUT2D eigenvalue weighted by Crippen LogP contribution is 2.36. The number of hydrogen-bond donors (Lipinski definition) is 1. The highest BCUT2D eigenvalue weighted by Gasteiger charge is 2.36. The van der Waals surface area contributed by atoms with Gasteiger partial charge in [0.05, 0.1) is 21.3 Å². The number of carbonyl (C=O) groups excluding carboxylic acids is 1. The fourth-order valence-corrected chi connectivity index (χ4v) is 5.87. The number of amides is 1. The molecule has 39 heavy (non-hydrogen) atoms. The Labute approximate surface area is 248 Å². The van der Waals surface area contributed by atoms with E-state index in [1.807, 2.05) is 55.5 Å². The van der Waals surface area contributed by atoms with E-state index in [0.717, 1.165) is 14.9 Å². The molecular formula is C28H22ClIN4O4S. The van der Waals surface area contributed by atoms with E-state index in [0.29, 0.717) is 51.1 Å². The Kier molecular flexibility index (Phi) is 8.24. The zero-order valence-electron chi connectivity index (χ0n) is 20.9. The summed E-state index contributed by atoms with van der Waals surface area (Å²) >= 11 is 9.67. The second-order valence-corrected chi connectivity index (χ2v) is 11.0. The predicted molar refractivity (Wildman–Crippen MR) is 163 cm³/mol. The lowest BCUT2D eigenvalue weighted by Crippen LogP contribution is -2.35. The zero-order valence-corrected chi connectivity index (χ0v) is 24.6. The van der Waals surface area contributed by atoms with Crippen LogP contribution in [0.1, 0.15) is 16.7 Å². The summed E-state index contributed by atoms with van der Waals surface area (Å²) in [5, 5.41) is 16.0. The van der Waals surface area contributed by atoms with Crippen molar-refractivity contribution < 1.29 is 19.0 Å². The number of halogens is 2. The smallest absolute Gasteiger partial charge is 0.283 e. The molecule has 8 nitrogen and oxygen atoms in total. The summed E-state index contributed by atoms with van der Waals surface area (Å²) in [5.74, 6) is 1.27. The van der Waals surface area contributed by atoms with Crippen molar-refractivity contribution in [3.63, 3.8) is 0 Å². The summed E-state index contributed by atoms with van der Waals surface area (Å²) in [6.07, 6.45) is 1.61.